The first-order valence-electron chi connectivity index (χ1n) is 11.3. The van der Waals surface area contributed by atoms with Gasteiger partial charge in [-0.25, -0.2) is 0 Å². The third-order valence-corrected chi connectivity index (χ3v) is 5.41. The number of halogens is 1. The molecule has 2 aliphatic heterocycles. The van der Waals surface area contributed by atoms with Crippen molar-refractivity contribution in [2.24, 2.45) is 10.9 Å². The van der Waals surface area contributed by atoms with E-state index in [0.717, 1.165) is 78.2 Å². The smallest absolute Gasteiger partial charge is 0.191 e. The van der Waals surface area contributed by atoms with Crippen LogP contribution < -0.4 is 10.6 Å². The highest BCUT2D eigenvalue weighted by Gasteiger charge is 2.21. The van der Waals surface area contributed by atoms with Crippen LogP contribution in [-0.2, 0) is 9.47 Å². The molecule has 0 amide bonds. The van der Waals surface area contributed by atoms with Gasteiger partial charge in [-0.3, -0.25) is 14.8 Å². The van der Waals surface area contributed by atoms with Gasteiger partial charge in [-0.2, -0.15) is 0 Å². The highest BCUT2D eigenvalue weighted by Crippen LogP contribution is 2.14. The molecule has 0 aromatic carbocycles. The first-order valence-corrected chi connectivity index (χ1v) is 11.3. The van der Waals surface area contributed by atoms with Gasteiger partial charge in [0.1, 0.15) is 0 Å². The summed E-state index contributed by atoms with van der Waals surface area (Å²) in [6.07, 6.45) is 3.57. The molecule has 0 bridgehead atoms. The normalized spacial score (nSPS) is 20.3. The number of rotatable bonds is 11. The van der Waals surface area contributed by atoms with Crippen molar-refractivity contribution in [3.05, 3.63) is 0 Å². The number of ether oxygens (including phenoxy) is 2. The quantitative estimate of drug-likeness (QED) is 0.186. The van der Waals surface area contributed by atoms with Gasteiger partial charge >= 0.3 is 0 Å². The van der Waals surface area contributed by atoms with E-state index in [1.54, 1.807) is 0 Å². The second-order valence-corrected chi connectivity index (χ2v) is 8.24. The van der Waals surface area contributed by atoms with Gasteiger partial charge in [-0.1, -0.05) is 13.8 Å². The Morgan fingerprint density at radius 2 is 1.62 bits per heavy atom. The number of morpholine rings is 2. The number of aliphatic imine (C=N–C) groups is 1. The summed E-state index contributed by atoms with van der Waals surface area (Å²) in [6, 6.07) is 0.501. The molecule has 0 aromatic rings. The lowest BCUT2D eigenvalue weighted by Crippen LogP contribution is -2.46. The molecule has 2 heterocycles. The second kappa shape index (κ2) is 16.5. The molecule has 8 heteroatoms. The summed E-state index contributed by atoms with van der Waals surface area (Å²) >= 11 is 0. The number of guanidine groups is 1. The third kappa shape index (κ3) is 11.7. The number of unbranched alkanes of at least 4 members (excludes halogenated alkanes) is 1. The molecule has 0 saturated carbocycles. The van der Waals surface area contributed by atoms with Crippen molar-refractivity contribution < 1.29 is 9.47 Å². The molecule has 29 heavy (non-hydrogen) atoms. The van der Waals surface area contributed by atoms with E-state index >= 15 is 0 Å². The monoisotopic (exact) mass is 525 g/mol. The predicted octanol–water partition coefficient (Wildman–Crippen LogP) is 2.02. The van der Waals surface area contributed by atoms with Gasteiger partial charge < -0.3 is 20.1 Å². The Kier molecular flexibility index (Phi) is 15.3. The lowest BCUT2D eigenvalue weighted by molar-refractivity contribution is 0.0143. The maximum absolute atomic E-state index is 5.53. The van der Waals surface area contributed by atoms with Crippen molar-refractivity contribution in [3.8, 4) is 0 Å². The lowest BCUT2D eigenvalue weighted by atomic mass is 10.0. The fraction of sp³-hybridized carbons (Fsp3) is 0.952. The van der Waals surface area contributed by atoms with Crippen molar-refractivity contribution in [2.75, 3.05) is 78.8 Å². The van der Waals surface area contributed by atoms with Crippen LogP contribution in [0.5, 0.6) is 0 Å². The molecular formula is C21H44IN5O2. The van der Waals surface area contributed by atoms with Gasteiger partial charge in [0, 0.05) is 45.3 Å². The zero-order valence-electron chi connectivity index (χ0n) is 18.8. The lowest BCUT2D eigenvalue weighted by Gasteiger charge is -2.34. The molecule has 1 atom stereocenters. The Balaban J connectivity index is 0.00000420. The molecule has 0 aromatic heterocycles. The molecule has 0 radical (unpaired) electrons. The fourth-order valence-electron chi connectivity index (χ4n) is 3.86. The maximum atomic E-state index is 5.53. The fourth-order valence-corrected chi connectivity index (χ4v) is 3.86. The van der Waals surface area contributed by atoms with Crippen molar-refractivity contribution >= 4 is 29.9 Å². The topological polar surface area (TPSA) is 61.4 Å². The second-order valence-electron chi connectivity index (χ2n) is 8.24. The van der Waals surface area contributed by atoms with Crippen LogP contribution in [-0.4, -0.2) is 101 Å². The van der Waals surface area contributed by atoms with Crippen LogP contribution in [0, 0.1) is 5.92 Å². The first kappa shape index (κ1) is 26.9. The standard InChI is InChI=1S/C21H43N5O2.HI/c1-4-22-21(23-7-5-6-8-25-9-13-27-14-10-25)24-18-20(17-19(2)3)26-11-15-28-16-12-26;/h19-20H,4-18H2,1-3H3,(H2,22,23,24);1H. The zero-order chi connectivity index (χ0) is 20.0. The van der Waals surface area contributed by atoms with Gasteiger partial charge in [-0.05, 0) is 38.6 Å². The van der Waals surface area contributed by atoms with Crippen LogP contribution in [0.25, 0.3) is 0 Å². The molecule has 1 unspecified atom stereocenters. The average Bonchev–Trinajstić information content (AvgIpc) is 2.71. The van der Waals surface area contributed by atoms with Crippen molar-refractivity contribution in [2.45, 2.75) is 46.1 Å². The summed E-state index contributed by atoms with van der Waals surface area (Å²) in [5.41, 5.74) is 0. The molecule has 2 N–H and O–H groups in total. The van der Waals surface area contributed by atoms with Gasteiger partial charge in [0.2, 0.25) is 0 Å². The minimum absolute atomic E-state index is 0. The Morgan fingerprint density at radius 3 is 2.24 bits per heavy atom. The Labute approximate surface area is 195 Å². The summed E-state index contributed by atoms with van der Waals surface area (Å²) in [5.74, 6) is 1.63. The first-order chi connectivity index (χ1) is 13.7. The number of hydrogen-bond donors (Lipinski definition) is 2. The van der Waals surface area contributed by atoms with E-state index in [-0.39, 0.29) is 24.0 Å². The van der Waals surface area contributed by atoms with E-state index in [4.69, 9.17) is 14.5 Å². The minimum atomic E-state index is 0. The average molecular weight is 526 g/mol. The van der Waals surface area contributed by atoms with Gasteiger partial charge in [0.05, 0.1) is 33.0 Å². The maximum Gasteiger partial charge on any atom is 0.191 e. The molecule has 172 valence electrons. The summed E-state index contributed by atoms with van der Waals surface area (Å²) in [6.45, 7) is 18.3. The number of nitrogens with one attached hydrogen (secondary N) is 2. The van der Waals surface area contributed by atoms with Gasteiger partial charge in [0.15, 0.2) is 5.96 Å². The Bertz CT molecular complexity index is 427. The summed E-state index contributed by atoms with van der Waals surface area (Å²) in [5, 5.41) is 6.93. The van der Waals surface area contributed by atoms with E-state index in [9.17, 15) is 0 Å². The van der Waals surface area contributed by atoms with Crippen LogP contribution in [0.3, 0.4) is 0 Å². The summed E-state index contributed by atoms with van der Waals surface area (Å²) < 4.78 is 10.9. The Morgan fingerprint density at radius 1 is 0.966 bits per heavy atom. The molecule has 2 rings (SSSR count). The zero-order valence-corrected chi connectivity index (χ0v) is 21.2. The Hall–Kier alpha value is -0.160. The molecule has 0 aliphatic carbocycles. The van der Waals surface area contributed by atoms with Crippen LogP contribution in [0.1, 0.15) is 40.0 Å². The number of nitrogens with zero attached hydrogens (tertiary/aromatic N) is 3. The summed E-state index contributed by atoms with van der Waals surface area (Å²) in [7, 11) is 0. The third-order valence-electron chi connectivity index (χ3n) is 5.41. The van der Waals surface area contributed by atoms with Crippen LogP contribution >= 0.6 is 24.0 Å². The van der Waals surface area contributed by atoms with E-state index < -0.39 is 0 Å². The van der Waals surface area contributed by atoms with E-state index in [1.807, 2.05) is 0 Å². The van der Waals surface area contributed by atoms with Crippen molar-refractivity contribution in [3.63, 3.8) is 0 Å². The van der Waals surface area contributed by atoms with Crippen LogP contribution in [0.2, 0.25) is 0 Å². The van der Waals surface area contributed by atoms with Crippen LogP contribution in [0.4, 0.5) is 0 Å². The molecule has 2 saturated heterocycles. The van der Waals surface area contributed by atoms with Crippen molar-refractivity contribution in [1.82, 2.24) is 20.4 Å². The summed E-state index contributed by atoms with van der Waals surface area (Å²) in [4.78, 5) is 9.97. The van der Waals surface area contributed by atoms with Crippen LogP contribution in [0.15, 0.2) is 4.99 Å². The molecule has 2 fully saturated rings. The van der Waals surface area contributed by atoms with E-state index in [0.29, 0.717) is 12.0 Å². The van der Waals surface area contributed by atoms with E-state index in [2.05, 4.69) is 41.2 Å². The van der Waals surface area contributed by atoms with Gasteiger partial charge in [0.25, 0.3) is 0 Å². The van der Waals surface area contributed by atoms with Crippen molar-refractivity contribution in [1.29, 1.82) is 0 Å². The SMILES string of the molecule is CCNC(=NCC(CC(C)C)N1CCOCC1)NCCCCN1CCOCC1.I. The molecule has 7 nitrogen and oxygen atoms in total. The molecule has 0 spiro atoms. The van der Waals surface area contributed by atoms with Gasteiger partial charge in [-0.15, -0.1) is 24.0 Å². The number of hydrogen-bond acceptors (Lipinski definition) is 5. The predicted molar refractivity (Wildman–Crippen MR) is 132 cm³/mol. The largest absolute Gasteiger partial charge is 0.379 e. The van der Waals surface area contributed by atoms with E-state index in [1.165, 1.54) is 25.8 Å². The minimum Gasteiger partial charge on any atom is -0.379 e. The highest BCUT2D eigenvalue weighted by molar-refractivity contribution is 14.0. The highest BCUT2D eigenvalue weighted by atomic mass is 127. The molecular weight excluding hydrogens is 481 g/mol. The molecule has 2 aliphatic rings.